The van der Waals surface area contributed by atoms with E-state index >= 15 is 0 Å². The largest absolute Gasteiger partial charge is 0.416 e. The van der Waals surface area contributed by atoms with Gasteiger partial charge in [-0.3, -0.25) is 4.18 Å². The second-order valence-electron chi connectivity index (χ2n) is 4.03. The first kappa shape index (κ1) is 15.0. The van der Waals surface area contributed by atoms with Gasteiger partial charge in [-0.05, 0) is 38.5 Å². The molecule has 0 amide bonds. The van der Waals surface area contributed by atoms with Crippen LogP contribution in [0.1, 0.15) is 25.0 Å². The lowest BCUT2D eigenvalue weighted by molar-refractivity contribution is -0.138. The van der Waals surface area contributed by atoms with Crippen LogP contribution in [0, 0.1) is 6.92 Å². The maximum atomic E-state index is 12.6. The Balaban J connectivity index is 3.37. The van der Waals surface area contributed by atoms with E-state index in [4.69, 9.17) is 0 Å². The second-order valence-corrected chi connectivity index (χ2v) is 5.57. The molecule has 0 radical (unpaired) electrons. The summed E-state index contributed by atoms with van der Waals surface area (Å²) in [6.45, 7) is 4.08. The van der Waals surface area contributed by atoms with Gasteiger partial charge in [-0.1, -0.05) is 6.07 Å². The third-order valence-corrected chi connectivity index (χ3v) is 3.80. The quantitative estimate of drug-likeness (QED) is 0.800. The maximum Gasteiger partial charge on any atom is 0.416 e. The standard InChI is InChI=1S/C11H13F3O3S/c1-7(2)17-18(15,16)10-6-4-5-9(8(10)3)11(12,13)14/h4-7H,1-3H3. The minimum Gasteiger partial charge on any atom is -0.264 e. The fraction of sp³-hybridized carbons (Fsp3) is 0.455. The summed E-state index contributed by atoms with van der Waals surface area (Å²) in [6, 6.07) is 2.98. The molecule has 1 aromatic carbocycles. The lowest BCUT2D eigenvalue weighted by Gasteiger charge is -2.15. The van der Waals surface area contributed by atoms with Crippen LogP contribution < -0.4 is 0 Å². The highest BCUT2D eigenvalue weighted by molar-refractivity contribution is 7.86. The van der Waals surface area contributed by atoms with Gasteiger partial charge < -0.3 is 0 Å². The van der Waals surface area contributed by atoms with Crippen LogP contribution in [0.25, 0.3) is 0 Å². The third kappa shape index (κ3) is 3.23. The van der Waals surface area contributed by atoms with E-state index < -0.39 is 32.9 Å². The van der Waals surface area contributed by atoms with Gasteiger partial charge in [0.1, 0.15) is 0 Å². The topological polar surface area (TPSA) is 43.4 Å². The summed E-state index contributed by atoms with van der Waals surface area (Å²) >= 11 is 0. The highest BCUT2D eigenvalue weighted by Crippen LogP contribution is 2.34. The fourth-order valence-electron chi connectivity index (χ4n) is 1.50. The van der Waals surface area contributed by atoms with Crippen LogP contribution in [0.4, 0.5) is 13.2 Å². The van der Waals surface area contributed by atoms with Gasteiger partial charge in [0.15, 0.2) is 0 Å². The summed E-state index contributed by atoms with van der Waals surface area (Å²) in [6.07, 6.45) is -5.23. The molecule has 0 atom stereocenters. The van der Waals surface area contributed by atoms with Gasteiger partial charge in [0.2, 0.25) is 0 Å². The molecule has 0 heterocycles. The Labute approximate surface area is 104 Å². The van der Waals surface area contributed by atoms with E-state index in [2.05, 4.69) is 4.18 Å². The van der Waals surface area contributed by atoms with E-state index in [1.54, 1.807) is 0 Å². The summed E-state index contributed by atoms with van der Waals surface area (Å²) in [7, 11) is -4.17. The van der Waals surface area contributed by atoms with E-state index in [-0.39, 0.29) is 5.56 Å². The molecule has 1 rings (SSSR count). The second kappa shape index (κ2) is 4.89. The number of benzene rings is 1. The molecule has 0 aliphatic rings. The lowest BCUT2D eigenvalue weighted by atomic mass is 10.1. The van der Waals surface area contributed by atoms with Crippen LogP contribution in [0.3, 0.4) is 0 Å². The van der Waals surface area contributed by atoms with Crippen LogP contribution in [-0.2, 0) is 20.5 Å². The zero-order valence-electron chi connectivity index (χ0n) is 10.1. The van der Waals surface area contributed by atoms with Gasteiger partial charge in [-0.25, -0.2) is 0 Å². The molecule has 0 unspecified atom stereocenters. The number of alkyl halides is 3. The Hall–Kier alpha value is -1.08. The van der Waals surface area contributed by atoms with Gasteiger partial charge in [-0.15, -0.1) is 0 Å². The van der Waals surface area contributed by atoms with Crippen LogP contribution in [-0.4, -0.2) is 14.5 Å². The first-order chi connectivity index (χ1) is 8.05. The maximum absolute atomic E-state index is 12.6. The molecule has 0 bridgehead atoms. The van der Waals surface area contributed by atoms with E-state index in [1.807, 2.05) is 0 Å². The van der Waals surface area contributed by atoms with Crippen molar-refractivity contribution < 1.29 is 25.8 Å². The molecule has 0 saturated carbocycles. The normalized spacial score (nSPS) is 13.1. The molecule has 0 fully saturated rings. The van der Waals surface area contributed by atoms with Crippen molar-refractivity contribution >= 4 is 10.1 Å². The molecular formula is C11H13F3O3S. The predicted octanol–water partition coefficient (Wildman–Crippen LogP) is 3.13. The molecule has 7 heteroatoms. The molecule has 1 aromatic rings. The van der Waals surface area contributed by atoms with Crippen LogP contribution in [0.15, 0.2) is 23.1 Å². The van der Waals surface area contributed by atoms with Gasteiger partial charge in [0, 0.05) is 0 Å². The first-order valence-electron chi connectivity index (χ1n) is 5.16. The molecule has 0 saturated heterocycles. The van der Waals surface area contributed by atoms with Crippen molar-refractivity contribution in [3.05, 3.63) is 29.3 Å². The van der Waals surface area contributed by atoms with Gasteiger partial charge in [-0.2, -0.15) is 21.6 Å². The Kier molecular flexibility index (Phi) is 4.07. The summed E-state index contributed by atoms with van der Waals surface area (Å²) in [5, 5.41) is 0. The van der Waals surface area contributed by atoms with Crippen LogP contribution in [0.2, 0.25) is 0 Å². The zero-order valence-corrected chi connectivity index (χ0v) is 10.9. The molecule has 0 spiro atoms. The average molecular weight is 282 g/mol. The van der Waals surface area contributed by atoms with Gasteiger partial charge in [0.05, 0.1) is 16.6 Å². The lowest BCUT2D eigenvalue weighted by Crippen LogP contribution is -2.16. The van der Waals surface area contributed by atoms with E-state index in [0.717, 1.165) is 25.1 Å². The number of halogens is 3. The summed E-state index contributed by atoms with van der Waals surface area (Å²) in [5.74, 6) is 0. The monoisotopic (exact) mass is 282 g/mol. The number of hydrogen-bond donors (Lipinski definition) is 0. The van der Waals surface area contributed by atoms with E-state index in [9.17, 15) is 21.6 Å². The van der Waals surface area contributed by atoms with E-state index in [1.165, 1.54) is 13.8 Å². The summed E-state index contributed by atoms with van der Waals surface area (Å²) in [5.41, 5.74) is -1.33. The van der Waals surface area contributed by atoms with Crippen molar-refractivity contribution in [1.29, 1.82) is 0 Å². The van der Waals surface area contributed by atoms with E-state index in [0.29, 0.717) is 0 Å². The SMILES string of the molecule is Cc1c(C(F)(F)F)cccc1S(=O)(=O)OC(C)C. The molecule has 18 heavy (non-hydrogen) atoms. The molecule has 0 aliphatic carbocycles. The third-order valence-electron chi connectivity index (χ3n) is 2.18. The first-order valence-corrected chi connectivity index (χ1v) is 6.56. The molecular weight excluding hydrogens is 269 g/mol. The van der Waals surface area contributed by atoms with Crippen molar-refractivity contribution in [2.24, 2.45) is 0 Å². The van der Waals surface area contributed by atoms with Gasteiger partial charge >= 0.3 is 6.18 Å². The summed E-state index contributed by atoms with van der Waals surface area (Å²) < 4.78 is 66.1. The molecule has 0 aliphatic heterocycles. The molecule has 102 valence electrons. The minimum absolute atomic E-state index is 0.356. The van der Waals surface area contributed by atoms with Crippen molar-refractivity contribution in [1.82, 2.24) is 0 Å². The average Bonchev–Trinajstić information content (AvgIpc) is 2.13. The fourth-order valence-corrected chi connectivity index (χ4v) is 2.84. The van der Waals surface area contributed by atoms with Crippen molar-refractivity contribution in [2.75, 3.05) is 0 Å². The minimum atomic E-state index is -4.59. The van der Waals surface area contributed by atoms with Crippen LogP contribution >= 0.6 is 0 Å². The van der Waals surface area contributed by atoms with Crippen molar-refractivity contribution in [3.8, 4) is 0 Å². The zero-order chi connectivity index (χ0) is 14.1. The van der Waals surface area contributed by atoms with Crippen molar-refractivity contribution in [2.45, 2.75) is 37.9 Å². The Bertz CT molecular complexity index is 533. The Morgan fingerprint density at radius 2 is 1.78 bits per heavy atom. The Morgan fingerprint density at radius 1 is 1.22 bits per heavy atom. The highest BCUT2D eigenvalue weighted by atomic mass is 32.2. The molecule has 0 aromatic heterocycles. The number of hydrogen-bond acceptors (Lipinski definition) is 3. The van der Waals surface area contributed by atoms with Crippen LogP contribution in [0.5, 0.6) is 0 Å². The predicted molar refractivity (Wildman–Crippen MR) is 59.6 cm³/mol. The molecule has 0 N–H and O–H groups in total. The number of rotatable bonds is 3. The highest BCUT2D eigenvalue weighted by Gasteiger charge is 2.34. The summed E-state index contributed by atoms with van der Waals surface area (Å²) in [4.78, 5) is -0.453. The smallest absolute Gasteiger partial charge is 0.264 e. The molecule has 3 nitrogen and oxygen atoms in total. The van der Waals surface area contributed by atoms with Crippen molar-refractivity contribution in [3.63, 3.8) is 0 Å². The van der Waals surface area contributed by atoms with Gasteiger partial charge in [0.25, 0.3) is 10.1 Å². The Morgan fingerprint density at radius 3 is 2.22 bits per heavy atom.